The van der Waals surface area contributed by atoms with Gasteiger partial charge in [-0.2, -0.15) is 0 Å². The number of sulfonamides is 1. The van der Waals surface area contributed by atoms with Crippen LogP contribution in [0.4, 0.5) is 0 Å². The van der Waals surface area contributed by atoms with Crippen molar-refractivity contribution in [1.82, 2.24) is 4.90 Å². The van der Waals surface area contributed by atoms with Gasteiger partial charge in [0.15, 0.2) is 0 Å². The minimum atomic E-state index is -3.89. The van der Waals surface area contributed by atoms with Crippen LogP contribution in [0.15, 0.2) is 23.1 Å². The highest BCUT2D eigenvalue weighted by molar-refractivity contribution is 7.89. The van der Waals surface area contributed by atoms with Gasteiger partial charge in [-0.25, -0.2) is 13.6 Å². The van der Waals surface area contributed by atoms with Gasteiger partial charge in [-0.3, -0.25) is 9.59 Å². The molecule has 0 spiro atoms. The van der Waals surface area contributed by atoms with Crippen LogP contribution in [0.1, 0.15) is 35.7 Å². The number of ether oxygens (including phenoxy) is 1. The van der Waals surface area contributed by atoms with Gasteiger partial charge in [-0.05, 0) is 50.5 Å². The first kappa shape index (κ1) is 18.4. The summed E-state index contributed by atoms with van der Waals surface area (Å²) in [6, 6.07) is 4.31. The molecule has 8 heteroatoms. The number of likely N-dealkylation sites (tertiary alicyclic amines) is 1. The molecule has 1 aromatic rings. The standard InChI is InChI=1S/C16H22N2O5S/c1-3-23-16(20)12-5-4-6-18(10-12)15(19)13-7-11(2)8-14(9-13)24(17,21)22/h7-9,12H,3-6,10H2,1-2H3,(H2,17,21,22). The van der Waals surface area contributed by atoms with E-state index in [1.165, 1.54) is 12.1 Å². The number of nitrogens with two attached hydrogens (primary N) is 1. The first-order valence-electron chi connectivity index (χ1n) is 7.82. The van der Waals surface area contributed by atoms with Gasteiger partial charge in [0.2, 0.25) is 10.0 Å². The summed E-state index contributed by atoms with van der Waals surface area (Å²) in [7, 11) is -3.89. The van der Waals surface area contributed by atoms with E-state index < -0.39 is 10.0 Å². The van der Waals surface area contributed by atoms with Gasteiger partial charge < -0.3 is 9.64 Å². The molecule has 1 aromatic carbocycles. The van der Waals surface area contributed by atoms with Gasteiger partial charge in [0.05, 0.1) is 17.4 Å². The zero-order chi connectivity index (χ0) is 17.9. The van der Waals surface area contributed by atoms with Gasteiger partial charge in [0.1, 0.15) is 0 Å². The Balaban J connectivity index is 2.22. The summed E-state index contributed by atoms with van der Waals surface area (Å²) in [6.45, 7) is 4.54. The highest BCUT2D eigenvalue weighted by Crippen LogP contribution is 2.21. The molecule has 132 valence electrons. The molecule has 24 heavy (non-hydrogen) atoms. The molecule has 1 heterocycles. The molecule has 1 aliphatic rings. The maximum Gasteiger partial charge on any atom is 0.310 e. The van der Waals surface area contributed by atoms with E-state index in [0.717, 1.165) is 0 Å². The summed E-state index contributed by atoms with van der Waals surface area (Å²) in [5.74, 6) is -0.952. The van der Waals surface area contributed by atoms with Gasteiger partial charge in [-0.15, -0.1) is 0 Å². The molecule has 1 fully saturated rings. The zero-order valence-electron chi connectivity index (χ0n) is 13.8. The smallest absolute Gasteiger partial charge is 0.310 e. The summed E-state index contributed by atoms with van der Waals surface area (Å²) in [6.07, 6.45) is 1.38. The summed E-state index contributed by atoms with van der Waals surface area (Å²) in [4.78, 5) is 26.1. The lowest BCUT2D eigenvalue weighted by Gasteiger charge is -2.31. The Hall–Kier alpha value is -1.93. The van der Waals surface area contributed by atoms with Crippen LogP contribution in [0, 0.1) is 12.8 Å². The molecule has 1 amide bonds. The van der Waals surface area contributed by atoms with Crippen LogP contribution in [-0.2, 0) is 19.6 Å². The second kappa shape index (κ2) is 7.31. The quantitative estimate of drug-likeness (QED) is 0.814. The molecule has 2 rings (SSSR count). The van der Waals surface area contributed by atoms with Crippen LogP contribution in [0.5, 0.6) is 0 Å². The molecule has 0 radical (unpaired) electrons. The maximum absolute atomic E-state index is 12.7. The van der Waals surface area contributed by atoms with E-state index in [9.17, 15) is 18.0 Å². The Kier molecular flexibility index (Phi) is 5.61. The number of aryl methyl sites for hydroxylation is 1. The average molecular weight is 354 g/mol. The van der Waals surface area contributed by atoms with Crippen LogP contribution >= 0.6 is 0 Å². The lowest BCUT2D eigenvalue weighted by molar-refractivity contribution is -0.149. The van der Waals surface area contributed by atoms with Crippen molar-refractivity contribution in [2.75, 3.05) is 19.7 Å². The van der Waals surface area contributed by atoms with Crippen LogP contribution in [0.3, 0.4) is 0 Å². The Morgan fingerprint density at radius 2 is 2.04 bits per heavy atom. The second-order valence-corrected chi connectivity index (χ2v) is 7.48. The summed E-state index contributed by atoms with van der Waals surface area (Å²) >= 11 is 0. The molecule has 1 atom stereocenters. The van der Waals surface area contributed by atoms with E-state index in [1.807, 2.05) is 0 Å². The van der Waals surface area contributed by atoms with Crippen molar-refractivity contribution in [3.05, 3.63) is 29.3 Å². The fourth-order valence-corrected chi connectivity index (χ4v) is 3.47. The number of benzene rings is 1. The summed E-state index contributed by atoms with van der Waals surface area (Å²) < 4.78 is 28.1. The first-order valence-corrected chi connectivity index (χ1v) is 9.37. The van der Waals surface area contributed by atoms with E-state index >= 15 is 0 Å². The number of hydrogen-bond acceptors (Lipinski definition) is 5. The van der Waals surface area contributed by atoms with Crippen LogP contribution < -0.4 is 5.14 Å². The predicted octanol–water partition coefficient (Wildman–Crippen LogP) is 1.06. The number of esters is 1. The molecule has 2 N–H and O–H groups in total. The molecule has 1 saturated heterocycles. The molecule has 7 nitrogen and oxygen atoms in total. The predicted molar refractivity (Wildman–Crippen MR) is 87.8 cm³/mol. The van der Waals surface area contributed by atoms with E-state index in [2.05, 4.69) is 0 Å². The lowest BCUT2D eigenvalue weighted by atomic mass is 9.97. The molecule has 1 unspecified atom stereocenters. The fourth-order valence-electron chi connectivity index (χ4n) is 2.83. The van der Waals surface area contributed by atoms with Gasteiger partial charge in [0, 0.05) is 18.7 Å². The van der Waals surface area contributed by atoms with Crippen molar-refractivity contribution >= 4 is 21.9 Å². The number of nitrogens with zero attached hydrogens (tertiary/aromatic N) is 1. The molecule has 0 aliphatic carbocycles. The minimum Gasteiger partial charge on any atom is -0.466 e. The topological polar surface area (TPSA) is 107 Å². The molecule has 1 aliphatic heterocycles. The Morgan fingerprint density at radius 3 is 2.67 bits per heavy atom. The third-order valence-corrected chi connectivity index (χ3v) is 4.85. The van der Waals surface area contributed by atoms with E-state index in [0.29, 0.717) is 31.6 Å². The number of carbonyl (C=O) groups excluding carboxylic acids is 2. The van der Waals surface area contributed by atoms with Crippen LogP contribution in [-0.4, -0.2) is 44.9 Å². The van der Waals surface area contributed by atoms with Crippen LogP contribution in [0.25, 0.3) is 0 Å². The number of rotatable bonds is 4. The Morgan fingerprint density at radius 1 is 1.33 bits per heavy atom. The van der Waals surface area contributed by atoms with Gasteiger partial charge in [0.25, 0.3) is 5.91 Å². The highest BCUT2D eigenvalue weighted by atomic mass is 32.2. The molecule has 0 bridgehead atoms. The van der Waals surface area contributed by atoms with Crippen molar-refractivity contribution in [3.63, 3.8) is 0 Å². The second-order valence-electron chi connectivity index (χ2n) is 5.92. The fraction of sp³-hybridized carbons (Fsp3) is 0.500. The monoisotopic (exact) mass is 354 g/mol. The van der Waals surface area contributed by atoms with Gasteiger partial charge >= 0.3 is 5.97 Å². The molecule has 0 saturated carbocycles. The molecule has 0 aromatic heterocycles. The van der Waals surface area contributed by atoms with Crippen molar-refractivity contribution in [3.8, 4) is 0 Å². The third-order valence-electron chi connectivity index (χ3n) is 3.95. The summed E-state index contributed by atoms with van der Waals surface area (Å²) in [5.41, 5.74) is 0.882. The highest BCUT2D eigenvalue weighted by Gasteiger charge is 2.30. The van der Waals surface area contributed by atoms with E-state index in [1.54, 1.807) is 24.8 Å². The van der Waals surface area contributed by atoms with E-state index in [-0.39, 0.29) is 34.8 Å². The normalized spacial score (nSPS) is 18.3. The maximum atomic E-state index is 12.7. The number of piperidine rings is 1. The average Bonchev–Trinajstić information content (AvgIpc) is 2.53. The number of hydrogen-bond donors (Lipinski definition) is 1. The largest absolute Gasteiger partial charge is 0.466 e. The van der Waals surface area contributed by atoms with Crippen LogP contribution in [0.2, 0.25) is 0 Å². The minimum absolute atomic E-state index is 0.0928. The lowest BCUT2D eigenvalue weighted by Crippen LogP contribution is -2.42. The third kappa shape index (κ3) is 4.33. The molecular formula is C16H22N2O5S. The SMILES string of the molecule is CCOC(=O)C1CCCN(C(=O)c2cc(C)cc(S(N)(=O)=O)c2)C1. The zero-order valence-corrected chi connectivity index (χ0v) is 14.6. The van der Waals surface area contributed by atoms with E-state index in [4.69, 9.17) is 9.88 Å². The van der Waals surface area contributed by atoms with Gasteiger partial charge in [-0.1, -0.05) is 0 Å². The summed E-state index contributed by atoms with van der Waals surface area (Å²) in [5, 5.41) is 5.15. The Bertz CT molecular complexity index is 745. The number of primary sulfonamides is 1. The van der Waals surface area contributed by atoms with Crippen molar-refractivity contribution in [2.24, 2.45) is 11.1 Å². The Labute approximate surface area is 141 Å². The van der Waals surface area contributed by atoms with Crippen molar-refractivity contribution < 1.29 is 22.7 Å². The van der Waals surface area contributed by atoms with Crippen molar-refractivity contribution in [2.45, 2.75) is 31.6 Å². The first-order chi connectivity index (χ1) is 11.2. The molecular weight excluding hydrogens is 332 g/mol. The number of carbonyl (C=O) groups is 2. The van der Waals surface area contributed by atoms with Crippen molar-refractivity contribution in [1.29, 1.82) is 0 Å². The number of amides is 1.